The highest BCUT2D eigenvalue weighted by molar-refractivity contribution is 7.90. The van der Waals surface area contributed by atoms with Crippen molar-refractivity contribution in [2.75, 3.05) is 50.7 Å². The van der Waals surface area contributed by atoms with E-state index in [0.717, 1.165) is 37.9 Å². The maximum absolute atomic E-state index is 14.8. The van der Waals surface area contributed by atoms with Crippen LogP contribution in [-0.2, 0) is 9.84 Å². The fourth-order valence-electron chi connectivity index (χ4n) is 4.43. The number of nitrogens with zero attached hydrogens (tertiary/aromatic N) is 1. The number of rotatable bonds is 8. The molecule has 38 heavy (non-hydrogen) atoms. The van der Waals surface area contributed by atoms with Crippen LogP contribution in [0.25, 0.3) is 10.1 Å². The highest BCUT2D eigenvalue weighted by Crippen LogP contribution is 2.42. The van der Waals surface area contributed by atoms with Crippen LogP contribution in [0.1, 0.15) is 29.5 Å². The van der Waals surface area contributed by atoms with Gasteiger partial charge in [-0.2, -0.15) is 0 Å². The number of fused-ring (bicyclic) bond motifs is 1. The third kappa shape index (κ3) is 6.37. The summed E-state index contributed by atoms with van der Waals surface area (Å²) >= 11 is 1.20. The first-order chi connectivity index (χ1) is 18.1. The predicted octanol–water partition coefficient (Wildman–Crippen LogP) is 5.56. The molecule has 204 valence electrons. The van der Waals surface area contributed by atoms with Crippen molar-refractivity contribution < 1.29 is 26.3 Å². The van der Waals surface area contributed by atoms with Gasteiger partial charge in [-0.05, 0) is 51.2 Å². The van der Waals surface area contributed by atoms with Crippen LogP contribution in [0, 0.1) is 11.8 Å². The number of piperidine rings is 1. The summed E-state index contributed by atoms with van der Waals surface area (Å²) in [4.78, 5) is 2.63. The first-order valence-corrected chi connectivity index (χ1v) is 14.8. The molecule has 2 N–H and O–H groups in total. The van der Waals surface area contributed by atoms with E-state index in [2.05, 4.69) is 34.4 Å². The molecule has 2 heterocycles. The lowest BCUT2D eigenvalue weighted by molar-refractivity contribution is 0.0504. The SMILES string of the molecule is COc1cc(S(C)(=O)=O)ccc1NCC#Cc1sc2c(NC3CCN(C)CC3)cccc2c1C(F)C(F)F. The Hall–Kier alpha value is -2.94. The van der Waals surface area contributed by atoms with Crippen LogP contribution in [0.2, 0.25) is 0 Å². The monoisotopic (exact) mass is 565 g/mol. The van der Waals surface area contributed by atoms with Crippen molar-refractivity contribution in [2.45, 2.75) is 36.4 Å². The highest BCUT2D eigenvalue weighted by atomic mass is 32.2. The number of anilines is 2. The number of likely N-dealkylation sites (tertiary alicyclic amines) is 1. The van der Waals surface area contributed by atoms with E-state index in [1.807, 2.05) is 6.07 Å². The van der Waals surface area contributed by atoms with Gasteiger partial charge in [-0.15, -0.1) is 11.3 Å². The van der Waals surface area contributed by atoms with Gasteiger partial charge in [-0.25, -0.2) is 21.6 Å². The summed E-state index contributed by atoms with van der Waals surface area (Å²) in [6, 6.07) is 9.98. The number of alkyl halides is 3. The predicted molar refractivity (Wildman–Crippen MR) is 147 cm³/mol. The third-order valence-electron chi connectivity index (χ3n) is 6.50. The van der Waals surface area contributed by atoms with Gasteiger partial charge in [0.1, 0.15) is 5.75 Å². The minimum Gasteiger partial charge on any atom is -0.495 e. The molecule has 0 spiro atoms. The number of benzene rings is 2. The summed E-state index contributed by atoms with van der Waals surface area (Å²) in [5.41, 5.74) is 1.23. The summed E-state index contributed by atoms with van der Waals surface area (Å²) in [6.45, 7) is 2.04. The van der Waals surface area contributed by atoms with Gasteiger partial charge < -0.3 is 20.3 Å². The number of halogens is 3. The Morgan fingerprint density at radius 2 is 1.89 bits per heavy atom. The fourth-order valence-corrected chi connectivity index (χ4v) is 6.25. The Morgan fingerprint density at radius 1 is 1.16 bits per heavy atom. The second kappa shape index (κ2) is 11.8. The van der Waals surface area contributed by atoms with Crippen molar-refractivity contribution in [3.63, 3.8) is 0 Å². The van der Waals surface area contributed by atoms with Crippen LogP contribution in [-0.4, -0.2) is 65.8 Å². The lowest BCUT2D eigenvalue weighted by Gasteiger charge is -2.30. The quantitative estimate of drug-likeness (QED) is 0.349. The molecule has 1 aliphatic rings. The fraction of sp³-hybridized carbons (Fsp3) is 0.407. The van der Waals surface area contributed by atoms with Crippen LogP contribution in [0.15, 0.2) is 41.3 Å². The first-order valence-electron chi connectivity index (χ1n) is 12.1. The summed E-state index contributed by atoms with van der Waals surface area (Å²) in [7, 11) is 0.0991. The standard InChI is InChI=1S/C27H30F3N3O3S2/c1-33-14-11-17(12-15-33)32-21-7-4-6-19-24(25(28)27(29)30)23(37-26(19)21)8-5-13-31-20-10-9-18(38(3,34)35)16-22(20)36-2/h4,6-7,9-10,16-17,25,27,31-32H,11-15H2,1-3H3. The Morgan fingerprint density at radius 3 is 2.55 bits per heavy atom. The molecule has 1 aliphatic heterocycles. The van der Waals surface area contributed by atoms with Gasteiger partial charge in [0.2, 0.25) is 0 Å². The van der Waals surface area contributed by atoms with Gasteiger partial charge in [0.15, 0.2) is 16.0 Å². The normalized spacial score (nSPS) is 15.8. The van der Waals surface area contributed by atoms with Crippen molar-refractivity contribution in [1.29, 1.82) is 0 Å². The highest BCUT2D eigenvalue weighted by Gasteiger charge is 2.29. The van der Waals surface area contributed by atoms with Gasteiger partial charge in [0.05, 0.1) is 39.5 Å². The Bertz CT molecular complexity index is 1460. The van der Waals surface area contributed by atoms with Gasteiger partial charge in [-0.1, -0.05) is 24.0 Å². The van der Waals surface area contributed by atoms with Gasteiger partial charge in [0.25, 0.3) is 6.43 Å². The molecule has 0 aliphatic carbocycles. The Kier molecular flexibility index (Phi) is 8.75. The summed E-state index contributed by atoms with van der Waals surface area (Å²) in [5.74, 6) is 6.09. The van der Waals surface area contributed by atoms with Crippen molar-refractivity contribution in [1.82, 2.24) is 4.90 Å². The molecule has 11 heteroatoms. The Labute approximate surface area is 225 Å². The second-order valence-corrected chi connectivity index (χ2v) is 12.3. The zero-order valence-corrected chi connectivity index (χ0v) is 23.0. The molecular weight excluding hydrogens is 535 g/mol. The van der Waals surface area contributed by atoms with Crippen molar-refractivity contribution in [3.05, 3.63) is 46.8 Å². The van der Waals surface area contributed by atoms with Gasteiger partial charge in [-0.3, -0.25) is 0 Å². The number of nitrogens with one attached hydrogen (secondary N) is 2. The van der Waals surface area contributed by atoms with E-state index in [-0.39, 0.29) is 27.9 Å². The molecule has 0 bridgehead atoms. The lowest BCUT2D eigenvalue weighted by atomic mass is 10.0. The van der Waals surface area contributed by atoms with Crippen molar-refractivity contribution in [2.24, 2.45) is 0 Å². The van der Waals surface area contributed by atoms with Crippen molar-refractivity contribution in [3.8, 4) is 17.6 Å². The molecule has 1 fully saturated rings. The zero-order chi connectivity index (χ0) is 27.4. The molecule has 1 atom stereocenters. The Balaban J connectivity index is 1.60. The largest absolute Gasteiger partial charge is 0.495 e. The molecular formula is C27H30F3N3O3S2. The number of hydrogen-bond acceptors (Lipinski definition) is 7. The number of sulfone groups is 1. The lowest BCUT2D eigenvalue weighted by Crippen LogP contribution is -2.36. The average molecular weight is 566 g/mol. The van der Waals surface area contributed by atoms with Crippen LogP contribution in [0.4, 0.5) is 24.5 Å². The van der Waals surface area contributed by atoms with Crippen LogP contribution >= 0.6 is 11.3 Å². The number of methoxy groups -OCH3 is 1. The maximum atomic E-state index is 14.8. The number of thiophene rings is 1. The molecule has 6 nitrogen and oxygen atoms in total. The minimum atomic E-state index is -3.40. The summed E-state index contributed by atoms with van der Waals surface area (Å²) in [5, 5.41) is 7.01. The molecule has 3 aromatic rings. The molecule has 1 saturated heterocycles. The first kappa shape index (κ1) is 28.1. The maximum Gasteiger partial charge on any atom is 0.273 e. The molecule has 0 saturated carbocycles. The molecule has 0 amide bonds. The number of ether oxygens (including phenoxy) is 1. The average Bonchev–Trinajstić information content (AvgIpc) is 3.26. The number of hydrogen-bond donors (Lipinski definition) is 2. The zero-order valence-electron chi connectivity index (χ0n) is 21.4. The molecule has 4 rings (SSSR count). The smallest absolute Gasteiger partial charge is 0.273 e. The molecule has 1 aromatic heterocycles. The van der Waals surface area contributed by atoms with Crippen LogP contribution in [0.5, 0.6) is 5.75 Å². The topological polar surface area (TPSA) is 70.7 Å². The van der Waals surface area contributed by atoms with Crippen LogP contribution in [0.3, 0.4) is 0 Å². The second-order valence-electron chi connectivity index (χ2n) is 9.27. The molecule has 2 aromatic carbocycles. The van der Waals surface area contributed by atoms with E-state index in [1.165, 1.54) is 30.6 Å². The van der Waals surface area contributed by atoms with E-state index >= 15 is 0 Å². The van der Waals surface area contributed by atoms with E-state index in [0.29, 0.717) is 21.5 Å². The summed E-state index contributed by atoms with van der Waals surface area (Å²) in [6.07, 6.45) is -2.60. The molecule has 1 unspecified atom stereocenters. The summed E-state index contributed by atoms with van der Waals surface area (Å²) < 4.78 is 71.4. The molecule has 0 radical (unpaired) electrons. The van der Waals surface area contributed by atoms with E-state index in [4.69, 9.17) is 4.74 Å². The van der Waals surface area contributed by atoms with Crippen LogP contribution < -0.4 is 15.4 Å². The van der Waals surface area contributed by atoms with Gasteiger partial charge >= 0.3 is 0 Å². The third-order valence-corrected chi connectivity index (χ3v) is 8.78. The van der Waals surface area contributed by atoms with E-state index in [9.17, 15) is 21.6 Å². The van der Waals surface area contributed by atoms with E-state index in [1.54, 1.807) is 18.2 Å². The van der Waals surface area contributed by atoms with Crippen molar-refractivity contribution >= 4 is 42.6 Å². The van der Waals surface area contributed by atoms with Gasteiger partial charge in [0, 0.05) is 29.3 Å². The minimum absolute atomic E-state index is 0.0883. The van der Waals surface area contributed by atoms with E-state index < -0.39 is 22.4 Å².